The van der Waals surface area contributed by atoms with Gasteiger partial charge in [-0.25, -0.2) is 4.39 Å². The third kappa shape index (κ3) is 2.19. The van der Waals surface area contributed by atoms with Crippen LogP contribution >= 0.6 is 0 Å². The monoisotopic (exact) mass is 173 g/mol. The number of rotatable bonds is 2. The van der Waals surface area contributed by atoms with E-state index >= 15 is 0 Å². The Morgan fingerprint density at radius 3 is 2.58 bits per heavy atom. The van der Waals surface area contributed by atoms with Crippen molar-refractivity contribution in [3.8, 4) is 0 Å². The molecule has 0 aromatic heterocycles. The summed E-state index contributed by atoms with van der Waals surface area (Å²) in [5, 5.41) is 0. The summed E-state index contributed by atoms with van der Waals surface area (Å²) in [5.74, 6) is 0.319. The molecule has 0 saturated carbocycles. The Kier molecular flexibility index (Phi) is 3.51. The summed E-state index contributed by atoms with van der Waals surface area (Å²) in [7, 11) is 0. The molecule has 0 aromatic rings. The third-order valence-corrected chi connectivity index (χ3v) is 2.96. The molecule has 12 heavy (non-hydrogen) atoms. The summed E-state index contributed by atoms with van der Waals surface area (Å²) >= 11 is 0. The van der Waals surface area contributed by atoms with Gasteiger partial charge in [-0.15, -0.1) is 0 Å². The van der Waals surface area contributed by atoms with Gasteiger partial charge in [0.1, 0.15) is 6.17 Å². The van der Waals surface area contributed by atoms with Crippen LogP contribution in [0.5, 0.6) is 0 Å². The van der Waals surface area contributed by atoms with E-state index in [0.29, 0.717) is 18.5 Å². The minimum atomic E-state index is -0.592. The number of hydrogen-bond acceptors (Lipinski definition) is 1. The van der Waals surface area contributed by atoms with E-state index in [2.05, 4.69) is 25.7 Å². The first kappa shape index (κ1) is 9.97. The average molecular weight is 173 g/mol. The van der Waals surface area contributed by atoms with Gasteiger partial charge >= 0.3 is 0 Å². The summed E-state index contributed by atoms with van der Waals surface area (Å²) < 4.78 is 13.4. The molecular formula is C10H20FN. The first-order valence-electron chi connectivity index (χ1n) is 5.03. The average Bonchev–Trinajstić information content (AvgIpc) is 2.04. The molecule has 0 amide bonds. The van der Waals surface area contributed by atoms with Gasteiger partial charge in [-0.3, -0.25) is 4.90 Å². The van der Waals surface area contributed by atoms with Crippen LogP contribution in [0.25, 0.3) is 0 Å². The van der Waals surface area contributed by atoms with Gasteiger partial charge in [0.05, 0.1) is 0 Å². The van der Waals surface area contributed by atoms with Crippen LogP contribution in [0.1, 0.15) is 33.6 Å². The lowest BCUT2D eigenvalue weighted by Gasteiger charge is -2.36. The molecule has 0 bridgehead atoms. The molecule has 0 unspecified atom stereocenters. The Morgan fingerprint density at radius 1 is 1.50 bits per heavy atom. The predicted molar refractivity (Wildman–Crippen MR) is 50.0 cm³/mol. The molecule has 1 fully saturated rings. The van der Waals surface area contributed by atoms with Crippen molar-refractivity contribution in [3.05, 3.63) is 0 Å². The van der Waals surface area contributed by atoms with Gasteiger partial charge in [0.2, 0.25) is 0 Å². The molecule has 1 saturated heterocycles. The Labute approximate surface area is 74.9 Å². The molecular weight excluding hydrogens is 153 g/mol. The highest BCUT2D eigenvalue weighted by molar-refractivity contribution is 4.80. The van der Waals surface area contributed by atoms with Crippen LogP contribution in [0.4, 0.5) is 4.39 Å². The molecule has 1 aliphatic heterocycles. The van der Waals surface area contributed by atoms with Gasteiger partial charge in [-0.05, 0) is 32.7 Å². The van der Waals surface area contributed by atoms with Crippen molar-refractivity contribution in [2.45, 2.75) is 45.8 Å². The fourth-order valence-electron chi connectivity index (χ4n) is 1.91. The molecule has 1 nitrogen and oxygen atoms in total. The Balaban J connectivity index is 2.40. The standard InChI is InChI=1S/C10H20FN/c1-4-9-5-6-12(8(2)3)7-10(9)11/h8-10H,4-7H2,1-3H3/t9-,10+/m0/s1. The zero-order valence-electron chi connectivity index (χ0n) is 8.39. The second-order valence-corrected chi connectivity index (χ2v) is 4.06. The number of hydrogen-bond donors (Lipinski definition) is 0. The lowest BCUT2D eigenvalue weighted by Crippen LogP contribution is -2.44. The van der Waals surface area contributed by atoms with Gasteiger partial charge < -0.3 is 0 Å². The highest BCUT2D eigenvalue weighted by atomic mass is 19.1. The minimum Gasteiger partial charge on any atom is -0.298 e. The van der Waals surface area contributed by atoms with Crippen LogP contribution in [0.3, 0.4) is 0 Å². The molecule has 2 heteroatoms. The Bertz CT molecular complexity index is 136. The number of likely N-dealkylation sites (tertiary alicyclic amines) is 1. The molecule has 1 aliphatic rings. The fourth-order valence-corrected chi connectivity index (χ4v) is 1.91. The molecule has 0 aromatic carbocycles. The summed E-state index contributed by atoms with van der Waals surface area (Å²) in [5.41, 5.74) is 0. The van der Waals surface area contributed by atoms with Crippen molar-refractivity contribution in [1.82, 2.24) is 4.90 Å². The maximum absolute atomic E-state index is 13.4. The van der Waals surface area contributed by atoms with Crippen LogP contribution < -0.4 is 0 Å². The van der Waals surface area contributed by atoms with Gasteiger partial charge in [-0.2, -0.15) is 0 Å². The van der Waals surface area contributed by atoms with Crippen molar-refractivity contribution < 1.29 is 4.39 Å². The van der Waals surface area contributed by atoms with Crippen LogP contribution in [-0.2, 0) is 0 Å². The molecule has 1 heterocycles. The van der Waals surface area contributed by atoms with Crippen LogP contribution in [0.2, 0.25) is 0 Å². The molecule has 2 atom stereocenters. The second-order valence-electron chi connectivity index (χ2n) is 4.06. The summed E-state index contributed by atoms with van der Waals surface area (Å²) in [6.07, 6.45) is 1.44. The van der Waals surface area contributed by atoms with Crippen LogP contribution in [0.15, 0.2) is 0 Å². The summed E-state index contributed by atoms with van der Waals surface area (Å²) in [4.78, 5) is 2.23. The maximum Gasteiger partial charge on any atom is 0.116 e. The minimum absolute atomic E-state index is 0.319. The molecule has 1 rings (SSSR count). The SMILES string of the molecule is CC[C@H]1CCN(C(C)C)C[C@H]1F. The number of nitrogens with zero attached hydrogens (tertiary/aromatic N) is 1. The van der Waals surface area contributed by atoms with Gasteiger partial charge in [-0.1, -0.05) is 13.3 Å². The van der Waals surface area contributed by atoms with E-state index in [1.165, 1.54) is 0 Å². The van der Waals surface area contributed by atoms with E-state index in [-0.39, 0.29) is 0 Å². The Morgan fingerprint density at radius 2 is 2.17 bits per heavy atom. The lowest BCUT2D eigenvalue weighted by atomic mass is 9.92. The van der Waals surface area contributed by atoms with Crippen LogP contribution in [-0.4, -0.2) is 30.2 Å². The maximum atomic E-state index is 13.4. The van der Waals surface area contributed by atoms with E-state index < -0.39 is 6.17 Å². The molecule has 0 radical (unpaired) electrons. The van der Waals surface area contributed by atoms with Crippen molar-refractivity contribution in [2.75, 3.05) is 13.1 Å². The highest BCUT2D eigenvalue weighted by Crippen LogP contribution is 2.24. The van der Waals surface area contributed by atoms with Crippen molar-refractivity contribution >= 4 is 0 Å². The summed E-state index contributed by atoms with van der Waals surface area (Å²) in [6, 6.07) is 0.501. The van der Waals surface area contributed by atoms with Crippen molar-refractivity contribution in [2.24, 2.45) is 5.92 Å². The van der Waals surface area contributed by atoms with E-state index in [1.807, 2.05) is 0 Å². The van der Waals surface area contributed by atoms with Crippen molar-refractivity contribution in [3.63, 3.8) is 0 Å². The lowest BCUT2D eigenvalue weighted by molar-refractivity contribution is 0.0638. The first-order chi connectivity index (χ1) is 5.65. The topological polar surface area (TPSA) is 3.24 Å². The van der Waals surface area contributed by atoms with E-state index in [0.717, 1.165) is 19.4 Å². The zero-order valence-corrected chi connectivity index (χ0v) is 8.39. The molecule has 72 valence electrons. The van der Waals surface area contributed by atoms with Gasteiger partial charge in [0.25, 0.3) is 0 Å². The third-order valence-electron chi connectivity index (χ3n) is 2.96. The van der Waals surface area contributed by atoms with E-state index in [9.17, 15) is 4.39 Å². The highest BCUT2D eigenvalue weighted by Gasteiger charge is 2.28. The van der Waals surface area contributed by atoms with Gasteiger partial charge in [0, 0.05) is 12.6 Å². The smallest absolute Gasteiger partial charge is 0.116 e. The Hall–Kier alpha value is -0.110. The van der Waals surface area contributed by atoms with Gasteiger partial charge in [0.15, 0.2) is 0 Å². The van der Waals surface area contributed by atoms with E-state index in [1.54, 1.807) is 0 Å². The number of alkyl halides is 1. The summed E-state index contributed by atoms with van der Waals surface area (Å²) in [6.45, 7) is 8.09. The quantitative estimate of drug-likeness (QED) is 0.620. The first-order valence-corrected chi connectivity index (χ1v) is 5.03. The molecule has 0 aliphatic carbocycles. The largest absolute Gasteiger partial charge is 0.298 e. The van der Waals surface area contributed by atoms with Crippen LogP contribution in [0, 0.1) is 5.92 Å². The zero-order chi connectivity index (χ0) is 9.14. The van der Waals surface area contributed by atoms with E-state index in [4.69, 9.17) is 0 Å². The van der Waals surface area contributed by atoms with Crippen molar-refractivity contribution in [1.29, 1.82) is 0 Å². The number of halogens is 1. The second kappa shape index (κ2) is 4.22. The molecule has 0 spiro atoms. The fraction of sp³-hybridized carbons (Fsp3) is 1.00. The predicted octanol–water partition coefficient (Wildman–Crippen LogP) is 2.46. The molecule has 0 N–H and O–H groups in total. The normalized spacial score (nSPS) is 32.8. The number of piperidine rings is 1.